The fourth-order valence-electron chi connectivity index (χ4n) is 8.23. The quantitative estimate of drug-likeness (QED) is 0.145. The summed E-state index contributed by atoms with van der Waals surface area (Å²) in [5, 5.41) is 3.59. The van der Waals surface area contributed by atoms with E-state index >= 15 is 0 Å². The summed E-state index contributed by atoms with van der Waals surface area (Å²) in [6.07, 6.45) is 0. The number of rotatable bonds is 9. The Morgan fingerprint density at radius 2 is 0.733 bits per heavy atom. The molecule has 284 valence electrons. The van der Waals surface area contributed by atoms with Crippen LogP contribution in [0.1, 0.15) is 0 Å². The second-order valence-corrected chi connectivity index (χ2v) is 16.9. The van der Waals surface area contributed by atoms with E-state index in [4.69, 9.17) is 4.98 Å². The van der Waals surface area contributed by atoms with Gasteiger partial charge in [0.2, 0.25) is 0 Å². The molecule has 0 bridgehead atoms. The number of hydrogen-bond donors (Lipinski definition) is 0. The van der Waals surface area contributed by atoms with Gasteiger partial charge in [0.15, 0.2) is 0 Å². The Kier molecular flexibility index (Phi) is 9.23. The zero-order valence-corrected chi connectivity index (χ0v) is 34.2. The van der Waals surface area contributed by atoms with Crippen LogP contribution in [0.3, 0.4) is 0 Å². The molecular weight excluding hydrogens is 767 g/mol. The first-order valence-electron chi connectivity index (χ1n) is 20.1. The number of thiophene rings is 1. The maximum absolute atomic E-state index is 5.50. The summed E-state index contributed by atoms with van der Waals surface area (Å²) in [5.74, 6) is 0. The molecule has 0 atom stereocenters. The lowest BCUT2D eigenvalue weighted by Crippen LogP contribution is -2.09. The van der Waals surface area contributed by atoms with Gasteiger partial charge >= 0.3 is 0 Å². The minimum atomic E-state index is 1.01. The first-order chi connectivity index (χ1) is 29.7. The third kappa shape index (κ3) is 6.60. The molecule has 0 aliphatic heterocycles. The van der Waals surface area contributed by atoms with Crippen LogP contribution < -0.4 is 9.80 Å². The van der Waals surface area contributed by atoms with E-state index in [1.165, 1.54) is 30.4 Å². The van der Waals surface area contributed by atoms with Crippen molar-refractivity contribution in [1.82, 2.24) is 4.98 Å². The molecule has 2 aromatic heterocycles. The van der Waals surface area contributed by atoms with Gasteiger partial charge in [-0.15, -0.1) is 22.7 Å². The Bertz CT molecular complexity index is 2990. The molecule has 9 aromatic carbocycles. The topological polar surface area (TPSA) is 19.4 Å². The Hall–Kier alpha value is -7.31. The van der Waals surface area contributed by atoms with Crippen molar-refractivity contribution in [2.24, 2.45) is 0 Å². The normalized spacial score (nSPS) is 11.3. The monoisotopic (exact) mass is 803 g/mol. The van der Waals surface area contributed by atoms with E-state index in [1.807, 2.05) is 11.3 Å². The maximum Gasteiger partial charge on any atom is 0.124 e. The van der Waals surface area contributed by atoms with Gasteiger partial charge in [0.1, 0.15) is 5.01 Å². The summed E-state index contributed by atoms with van der Waals surface area (Å²) in [4.78, 5) is 10.1. The first-order valence-corrected chi connectivity index (χ1v) is 21.7. The number of benzene rings is 9. The van der Waals surface area contributed by atoms with Crippen molar-refractivity contribution in [2.45, 2.75) is 0 Å². The predicted octanol–water partition coefficient (Wildman–Crippen LogP) is 16.6. The van der Waals surface area contributed by atoms with Gasteiger partial charge in [0, 0.05) is 71.0 Å². The van der Waals surface area contributed by atoms with Crippen molar-refractivity contribution in [3.8, 4) is 32.8 Å². The third-order valence-electron chi connectivity index (χ3n) is 11.1. The molecule has 0 amide bonds. The molecule has 0 unspecified atom stereocenters. The lowest BCUT2D eigenvalue weighted by atomic mass is 9.98. The van der Waals surface area contributed by atoms with Gasteiger partial charge in [0.05, 0.1) is 10.2 Å². The summed E-state index contributed by atoms with van der Waals surface area (Å²) in [5.41, 5.74) is 13.4. The molecule has 2 heterocycles. The van der Waals surface area contributed by atoms with Gasteiger partial charge in [-0.2, -0.15) is 0 Å². The lowest BCUT2D eigenvalue weighted by Gasteiger charge is -2.25. The number of hydrogen-bond acceptors (Lipinski definition) is 5. The van der Waals surface area contributed by atoms with Gasteiger partial charge in [-0.25, -0.2) is 4.98 Å². The van der Waals surface area contributed by atoms with Gasteiger partial charge in [0.25, 0.3) is 0 Å². The molecule has 0 saturated heterocycles. The number of para-hydroxylation sites is 4. The van der Waals surface area contributed by atoms with Crippen LogP contribution in [-0.2, 0) is 0 Å². The molecule has 3 nitrogen and oxygen atoms in total. The Labute approximate surface area is 357 Å². The average Bonchev–Trinajstić information content (AvgIpc) is 3.94. The third-order valence-corrected chi connectivity index (χ3v) is 13.4. The SMILES string of the molecule is c1ccc(N(c2ccccc2)c2ccc(-c3ccc(-c4ccc(N(c5ccccc5)c5ccccc5)cc4)c4sc(-c5ccc6sc7ccccc7c6c5)nc34)cc2)cc1. The zero-order valence-electron chi connectivity index (χ0n) is 32.5. The molecule has 0 fully saturated rings. The minimum Gasteiger partial charge on any atom is -0.311 e. The van der Waals surface area contributed by atoms with E-state index in [-0.39, 0.29) is 0 Å². The second kappa shape index (κ2) is 15.5. The van der Waals surface area contributed by atoms with E-state index < -0.39 is 0 Å². The molecule has 5 heteroatoms. The van der Waals surface area contributed by atoms with E-state index in [0.717, 1.165) is 66.9 Å². The fraction of sp³-hybridized carbons (Fsp3) is 0. The van der Waals surface area contributed by atoms with Crippen molar-refractivity contribution in [1.29, 1.82) is 0 Å². The zero-order chi connectivity index (χ0) is 39.8. The van der Waals surface area contributed by atoms with Crippen LogP contribution in [0.15, 0.2) is 224 Å². The van der Waals surface area contributed by atoms with Crippen LogP contribution in [-0.4, -0.2) is 4.98 Å². The number of thiazole rings is 1. The van der Waals surface area contributed by atoms with Crippen LogP contribution in [0.4, 0.5) is 34.1 Å². The molecule has 0 saturated carbocycles. The fourth-order valence-corrected chi connectivity index (χ4v) is 10.4. The molecule has 0 aliphatic carbocycles. The molecule has 0 radical (unpaired) electrons. The van der Waals surface area contributed by atoms with Crippen molar-refractivity contribution < 1.29 is 0 Å². The lowest BCUT2D eigenvalue weighted by molar-refractivity contribution is 1.28. The summed E-state index contributed by atoms with van der Waals surface area (Å²) < 4.78 is 3.78. The van der Waals surface area contributed by atoms with Crippen LogP contribution in [0, 0.1) is 0 Å². The van der Waals surface area contributed by atoms with Gasteiger partial charge in [-0.05, 0) is 102 Å². The molecular formula is C55H37N3S2. The standard InChI is InChI=1S/C55H37N3S2/c1-5-15-41(16-6-1)57(42-17-7-2-8-18-42)45-30-25-38(26-31-45)47-34-35-48(39-27-32-46(33-28-39)58(43-19-9-3-10-20-43)44-21-11-4-12-22-44)54-53(47)56-55(60-54)40-29-36-52-50(37-40)49-23-13-14-24-51(49)59-52/h1-37H. The first kappa shape index (κ1) is 35.8. The van der Waals surface area contributed by atoms with Gasteiger partial charge in [-0.3, -0.25) is 0 Å². The Morgan fingerprint density at radius 3 is 1.27 bits per heavy atom. The van der Waals surface area contributed by atoms with E-state index in [0.29, 0.717) is 0 Å². The molecule has 0 aliphatic rings. The van der Waals surface area contributed by atoms with Crippen molar-refractivity contribution >= 4 is 87.2 Å². The van der Waals surface area contributed by atoms with E-state index in [9.17, 15) is 0 Å². The average molecular weight is 804 g/mol. The molecule has 11 rings (SSSR count). The Morgan fingerprint density at radius 1 is 0.317 bits per heavy atom. The van der Waals surface area contributed by atoms with Crippen LogP contribution in [0.2, 0.25) is 0 Å². The molecule has 11 aromatic rings. The number of fused-ring (bicyclic) bond motifs is 4. The van der Waals surface area contributed by atoms with E-state index in [1.54, 1.807) is 11.3 Å². The highest BCUT2D eigenvalue weighted by Gasteiger charge is 2.19. The summed E-state index contributed by atoms with van der Waals surface area (Å²) in [7, 11) is 0. The molecule has 0 N–H and O–H groups in total. The highest BCUT2D eigenvalue weighted by molar-refractivity contribution is 7.26. The maximum atomic E-state index is 5.50. The summed E-state index contributed by atoms with van der Waals surface area (Å²) in [6, 6.07) is 80.2. The van der Waals surface area contributed by atoms with Crippen molar-refractivity contribution in [2.75, 3.05) is 9.80 Å². The highest BCUT2D eigenvalue weighted by Crippen LogP contribution is 2.45. The van der Waals surface area contributed by atoms with Crippen molar-refractivity contribution in [3.05, 3.63) is 224 Å². The number of aromatic nitrogens is 1. The molecule has 60 heavy (non-hydrogen) atoms. The predicted molar refractivity (Wildman–Crippen MR) is 258 cm³/mol. The van der Waals surface area contributed by atoms with E-state index in [2.05, 4.69) is 234 Å². The molecule has 0 spiro atoms. The number of anilines is 6. The van der Waals surface area contributed by atoms with Crippen molar-refractivity contribution in [3.63, 3.8) is 0 Å². The summed E-state index contributed by atoms with van der Waals surface area (Å²) >= 11 is 3.62. The van der Waals surface area contributed by atoms with Crippen LogP contribution >= 0.6 is 22.7 Å². The van der Waals surface area contributed by atoms with Crippen LogP contribution in [0.5, 0.6) is 0 Å². The van der Waals surface area contributed by atoms with Gasteiger partial charge < -0.3 is 9.80 Å². The summed E-state index contributed by atoms with van der Waals surface area (Å²) in [6.45, 7) is 0. The Balaban J connectivity index is 1.03. The largest absolute Gasteiger partial charge is 0.311 e. The smallest absolute Gasteiger partial charge is 0.124 e. The highest BCUT2D eigenvalue weighted by atomic mass is 32.1. The second-order valence-electron chi connectivity index (χ2n) is 14.8. The minimum absolute atomic E-state index is 1.01. The van der Waals surface area contributed by atoms with Gasteiger partial charge in [-0.1, -0.05) is 133 Å². The number of nitrogens with zero attached hydrogens (tertiary/aromatic N) is 3. The van der Waals surface area contributed by atoms with Crippen LogP contribution in [0.25, 0.3) is 63.2 Å².